The van der Waals surface area contributed by atoms with E-state index in [9.17, 15) is 49.1 Å². The Bertz CT molecular complexity index is 1350. The quantitative estimate of drug-likeness (QED) is 0.257. The van der Waals surface area contributed by atoms with Gasteiger partial charge in [-0.1, -0.05) is 0 Å². The molecular weight excluding hydrogens is 539 g/mol. The number of amides is 1. The van der Waals surface area contributed by atoms with Crippen LogP contribution in [0.1, 0.15) is 38.9 Å². The molecule has 2 aromatic carbocycles. The molecule has 0 bridgehead atoms. The van der Waals surface area contributed by atoms with Crippen molar-refractivity contribution in [1.82, 2.24) is 4.98 Å². The van der Waals surface area contributed by atoms with Gasteiger partial charge in [0.25, 0.3) is 5.91 Å². The van der Waals surface area contributed by atoms with Gasteiger partial charge in [-0.05, 0) is 48.5 Å². The predicted octanol–water partition coefficient (Wildman–Crippen LogP) is 7.27. The third-order valence-electron chi connectivity index (χ3n) is 4.63. The number of alkyl halides is 9. The number of rotatable bonds is 6. The number of Topliss-reactive ketones (excluding diaryl/α,β-unsaturated/α-hetero) is 1. The van der Waals surface area contributed by atoms with Crippen LogP contribution in [0.15, 0.2) is 54.7 Å². The third kappa shape index (κ3) is 7.14. The Morgan fingerprint density at radius 3 is 1.95 bits per heavy atom. The fourth-order valence-electron chi connectivity index (χ4n) is 3.05. The molecule has 38 heavy (non-hydrogen) atoms. The number of ether oxygens (including phenoxy) is 2. The van der Waals surface area contributed by atoms with Crippen molar-refractivity contribution in [3.63, 3.8) is 0 Å². The molecule has 0 spiro atoms. The van der Waals surface area contributed by atoms with Gasteiger partial charge in [-0.2, -0.15) is 26.3 Å². The third-order valence-corrected chi connectivity index (χ3v) is 4.63. The average molecular weight is 552 g/mol. The number of halogens is 9. The number of hydrogen-bond acceptors (Lipinski definition) is 5. The van der Waals surface area contributed by atoms with Crippen molar-refractivity contribution in [1.29, 1.82) is 0 Å². The summed E-state index contributed by atoms with van der Waals surface area (Å²) in [7, 11) is 0. The van der Waals surface area contributed by atoms with E-state index in [0.717, 1.165) is 37.4 Å². The van der Waals surface area contributed by atoms with Gasteiger partial charge in [-0.15, -0.1) is 13.2 Å². The minimum atomic E-state index is -5.47. The summed E-state index contributed by atoms with van der Waals surface area (Å²) in [5.74, 6) is -4.56. The van der Waals surface area contributed by atoms with Crippen LogP contribution in [0, 0.1) is 0 Å². The van der Waals surface area contributed by atoms with E-state index in [1.807, 2.05) is 5.32 Å². The number of carbonyl (C=O) groups is 2. The lowest BCUT2D eigenvalue weighted by atomic mass is 10.0. The van der Waals surface area contributed by atoms with E-state index in [1.165, 1.54) is 0 Å². The molecule has 0 radical (unpaired) electrons. The molecule has 1 heterocycles. The number of benzene rings is 2. The Balaban J connectivity index is 2.12. The largest absolute Gasteiger partial charge is 0.573 e. The van der Waals surface area contributed by atoms with E-state index >= 15 is 0 Å². The second-order valence-corrected chi connectivity index (χ2v) is 7.45. The normalized spacial score (nSPS) is 12.2. The van der Waals surface area contributed by atoms with Crippen LogP contribution in [-0.2, 0) is 12.4 Å². The maximum atomic E-state index is 13.8. The highest BCUT2D eigenvalue weighted by Gasteiger charge is 2.42. The number of nitrogens with one attached hydrogen (secondary N) is 1. The van der Waals surface area contributed by atoms with Gasteiger partial charge in [0.15, 0.2) is 5.78 Å². The van der Waals surface area contributed by atoms with Gasteiger partial charge in [0, 0.05) is 18.8 Å². The van der Waals surface area contributed by atoms with Crippen LogP contribution in [0.2, 0.25) is 0 Å². The Morgan fingerprint density at radius 2 is 1.42 bits per heavy atom. The van der Waals surface area contributed by atoms with Crippen molar-refractivity contribution in [2.45, 2.75) is 25.6 Å². The Hall–Kier alpha value is -4.30. The van der Waals surface area contributed by atoms with E-state index in [4.69, 9.17) is 4.74 Å². The summed E-state index contributed by atoms with van der Waals surface area (Å²) < 4.78 is 128. The lowest BCUT2D eigenvalue weighted by Gasteiger charge is -2.20. The van der Waals surface area contributed by atoms with Crippen molar-refractivity contribution in [2.24, 2.45) is 0 Å². The van der Waals surface area contributed by atoms with Gasteiger partial charge in [-0.3, -0.25) is 14.6 Å². The van der Waals surface area contributed by atoms with Crippen molar-refractivity contribution < 1.29 is 58.6 Å². The first-order valence-electron chi connectivity index (χ1n) is 10.1. The molecule has 0 aliphatic carbocycles. The van der Waals surface area contributed by atoms with Crippen LogP contribution in [0.5, 0.6) is 17.2 Å². The topological polar surface area (TPSA) is 77.5 Å². The van der Waals surface area contributed by atoms with E-state index in [1.54, 1.807) is 0 Å². The number of anilines is 1. The van der Waals surface area contributed by atoms with Gasteiger partial charge in [0.2, 0.25) is 0 Å². The van der Waals surface area contributed by atoms with Crippen molar-refractivity contribution in [2.75, 3.05) is 5.32 Å². The molecule has 0 fully saturated rings. The smallest absolute Gasteiger partial charge is 0.456 e. The van der Waals surface area contributed by atoms with Gasteiger partial charge in [-0.25, -0.2) is 0 Å². The zero-order valence-electron chi connectivity index (χ0n) is 18.7. The molecule has 3 aromatic rings. The number of carbonyl (C=O) groups excluding carboxylic acids is 2. The summed E-state index contributed by atoms with van der Waals surface area (Å²) in [6.07, 6.45) is -14.8. The molecule has 0 aliphatic rings. The predicted molar refractivity (Wildman–Crippen MR) is 112 cm³/mol. The SMILES string of the molecule is CC(=O)c1cc(NC(=O)c2c(Oc3ccc(OC(F)(F)F)cc3)cc(C(F)(F)F)cc2C(F)(F)F)ccn1. The standard InChI is InChI=1S/C23H13F9N2O4/c1-11(35)17-10-13(6-7-33-17)34-20(36)19-16(22(27,28)29)8-12(21(24,25)26)9-18(19)37-14-2-4-15(5-3-14)38-23(30,31)32/h2-10H,1H3,(H,33,34,36). The van der Waals surface area contributed by atoms with Gasteiger partial charge in [0.1, 0.15) is 22.9 Å². The molecule has 1 N–H and O–H groups in total. The number of pyridine rings is 1. The lowest BCUT2D eigenvalue weighted by molar-refractivity contribution is -0.274. The number of aromatic nitrogens is 1. The maximum Gasteiger partial charge on any atom is 0.573 e. The Labute approximate surface area is 207 Å². The monoisotopic (exact) mass is 552 g/mol. The average Bonchev–Trinajstić information content (AvgIpc) is 2.77. The van der Waals surface area contributed by atoms with E-state index in [0.29, 0.717) is 12.1 Å². The highest BCUT2D eigenvalue weighted by Crippen LogP contribution is 2.43. The van der Waals surface area contributed by atoms with Gasteiger partial charge >= 0.3 is 18.7 Å². The van der Waals surface area contributed by atoms with Crippen LogP contribution < -0.4 is 14.8 Å². The minimum absolute atomic E-state index is 0.137. The van der Waals surface area contributed by atoms with Crippen molar-refractivity contribution in [3.8, 4) is 17.2 Å². The van der Waals surface area contributed by atoms with E-state index < -0.39 is 64.3 Å². The fraction of sp³-hybridized carbons (Fsp3) is 0.174. The molecule has 15 heteroatoms. The first-order valence-corrected chi connectivity index (χ1v) is 10.1. The molecule has 0 unspecified atom stereocenters. The van der Waals surface area contributed by atoms with E-state index in [-0.39, 0.29) is 23.5 Å². The first-order chi connectivity index (χ1) is 17.4. The van der Waals surface area contributed by atoms with Crippen LogP contribution >= 0.6 is 0 Å². The Kier molecular flexibility index (Phi) is 7.61. The second kappa shape index (κ2) is 10.2. The highest BCUT2D eigenvalue weighted by molar-refractivity contribution is 6.08. The molecule has 0 saturated heterocycles. The van der Waals surface area contributed by atoms with E-state index in [2.05, 4.69) is 9.72 Å². The molecule has 0 saturated carbocycles. The van der Waals surface area contributed by atoms with Gasteiger partial charge < -0.3 is 14.8 Å². The van der Waals surface area contributed by atoms with Gasteiger partial charge in [0.05, 0.1) is 16.7 Å². The number of nitrogens with zero attached hydrogens (tertiary/aromatic N) is 1. The molecule has 6 nitrogen and oxygen atoms in total. The summed E-state index contributed by atoms with van der Waals surface area (Å²) in [4.78, 5) is 28.1. The molecule has 0 aliphatic heterocycles. The summed E-state index contributed by atoms with van der Waals surface area (Å²) in [6, 6.07) is 4.94. The lowest BCUT2D eigenvalue weighted by Crippen LogP contribution is -2.21. The first kappa shape index (κ1) is 28.3. The summed E-state index contributed by atoms with van der Waals surface area (Å²) in [5, 5.41) is 2.05. The zero-order chi connectivity index (χ0) is 28.5. The van der Waals surface area contributed by atoms with Crippen LogP contribution in [-0.4, -0.2) is 23.0 Å². The van der Waals surface area contributed by atoms with Crippen LogP contribution in [0.4, 0.5) is 45.2 Å². The number of ketones is 1. The minimum Gasteiger partial charge on any atom is -0.456 e. The second-order valence-electron chi connectivity index (χ2n) is 7.45. The zero-order valence-corrected chi connectivity index (χ0v) is 18.7. The summed E-state index contributed by atoms with van der Waals surface area (Å²) in [5.41, 5.74) is -5.54. The number of hydrogen-bond donors (Lipinski definition) is 1. The van der Waals surface area contributed by atoms with Crippen LogP contribution in [0.3, 0.4) is 0 Å². The molecule has 1 amide bonds. The molecule has 202 valence electrons. The molecular formula is C23H13F9N2O4. The van der Waals surface area contributed by atoms with Crippen molar-refractivity contribution in [3.05, 3.63) is 77.1 Å². The molecule has 0 atom stereocenters. The highest BCUT2D eigenvalue weighted by atomic mass is 19.4. The molecule has 1 aromatic heterocycles. The Morgan fingerprint density at radius 1 is 0.816 bits per heavy atom. The fourth-order valence-corrected chi connectivity index (χ4v) is 3.05. The summed E-state index contributed by atoms with van der Waals surface area (Å²) in [6.45, 7) is 1.13. The maximum absolute atomic E-state index is 13.8. The van der Waals surface area contributed by atoms with Crippen LogP contribution in [0.25, 0.3) is 0 Å². The summed E-state index contributed by atoms with van der Waals surface area (Å²) >= 11 is 0. The molecule has 3 rings (SSSR count). The van der Waals surface area contributed by atoms with Crippen molar-refractivity contribution >= 4 is 17.4 Å².